The van der Waals surface area contributed by atoms with Gasteiger partial charge in [0.15, 0.2) is 0 Å². The maximum absolute atomic E-state index is 13.4. The molecular formula is C28H25N3O3S. The molecule has 6 nitrogen and oxygen atoms in total. The molecule has 0 spiro atoms. The summed E-state index contributed by atoms with van der Waals surface area (Å²) in [5, 5.41) is 11.8. The van der Waals surface area contributed by atoms with Gasteiger partial charge in [-0.2, -0.15) is 4.98 Å². The van der Waals surface area contributed by atoms with E-state index in [1.165, 1.54) is 24.2 Å². The molecule has 1 aliphatic rings. The van der Waals surface area contributed by atoms with E-state index in [0.717, 1.165) is 45.6 Å². The quantitative estimate of drug-likeness (QED) is 0.329. The lowest BCUT2D eigenvalue weighted by Gasteiger charge is -2.14. The van der Waals surface area contributed by atoms with E-state index in [2.05, 4.69) is 9.97 Å². The fraction of sp³-hybridized carbons (Fsp3) is 0.250. The fourth-order valence-electron chi connectivity index (χ4n) is 5.11. The van der Waals surface area contributed by atoms with E-state index in [0.29, 0.717) is 33.9 Å². The third kappa shape index (κ3) is 3.96. The number of para-hydroxylation sites is 1. The van der Waals surface area contributed by atoms with Crippen LogP contribution in [0.1, 0.15) is 37.7 Å². The summed E-state index contributed by atoms with van der Waals surface area (Å²) >= 11 is 1.41. The van der Waals surface area contributed by atoms with Gasteiger partial charge < -0.3 is 9.84 Å². The molecule has 35 heavy (non-hydrogen) atoms. The second-order valence-corrected chi connectivity index (χ2v) is 10.2. The van der Waals surface area contributed by atoms with Gasteiger partial charge in [0.05, 0.1) is 21.1 Å². The van der Waals surface area contributed by atoms with Gasteiger partial charge in [0.1, 0.15) is 27.6 Å². The van der Waals surface area contributed by atoms with Gasteiger partial charge in [-0.3, -0.25) is 4.57 Å². The van der Waals surface area contributed by atoms with Crippen molar-refractivity contribution in [1.29, 1.82) is 0 Å². The van der Waals surface area contributed by atoms with Crippen LogP contribution in [0, 0.1) is 12.8 Å². The van der Waals surface area contributed by atoms with Gasteiger partial charge in [-0.25, -0.2) is 9.78 Å². The van der Waals surface area contributed by atoms with Gasteiger partial charge in [-0.1, -0.05) is 43.9 Å². The Balaban J connectivity index is 1.47. The van der Waals surface area contributed by atoms with Crippen molar-refractivity contribution in [2.45, 2.75) is 39.0 Å². The Morgan fingerprint density at radius 2 is 1.91 bits per heavy atom. The minimum Gasteiger partial charge on any atom is -0.511 e. The van der Waals surface area contributed by atoms with Gasteiger partial charge >= 0.3 is 5.69 Å². The highest BCUT2D eigenvalue weighted by molar-refractivity contribution is 7.17. The van der Waals surface area contributed by atoms with Crippen molar-refractivity contribution >= 4 is 38.3 Å². The molecule has 2 aromatic carbocycles. The predicted octanol–water partition coefficient (Wildman–Crippen LogP) is 6.06. The van der Waals surface area contributed by atoms with Gasteiger partial charge in [0.2, 0.25) is 0 Å². The van der Waals surface area contributed by atoms with Crippen molar-refractivity contribution in [3.05, 3.63) is 81.4 Å². The average molecular weight is 484 g/mol. The molecule has 3 aromatic heterocycles. The number of aliphatic hydroxyl groups is 1. The Morgan fingerprint density at radius 3 is 2.69 bits per heavy atom. The molecule has 0 bridgehead atoms. The molecule has 5 aromatic rings. The predicted molar refractivity (Wildman–Crippen MR) is 140 cm³/mol. The second-order valence-electron chi connectivity index (χ2n) is 9.18. The lowest BCUT2D eigenvalue weighted by Crippen LogP contribution is -2.24. The molecule has 1 fully saturated rings. The van der Waals surface area contributed by atoms with E-state index in [9.17, 15) is 9.90 Å². The zero-order valence-electron chi connectivity index (χ0n) is 19.4. The third-order valence-corrected chi connectivity index (χ3v) is 7.93. The first-order chi connectivity index (χ1) is 17.1. The number of aliphatic hydroxyl groups excluding tert-OH is 1. The monoisotopic (exact) mass is 483 g/mol. The number of hydrogen-bond donors (Lipinski definition) is 1. The molecule has 0 amide bonds. The Bertz CT molecular complexity index is 1650. The first kappa shape index (κ1) is 21.8. The first-order valence-corrected chi connectivity index (χ1v) is 12.8. The standard InChI is InChI=1S/C28H25N3O3S/c1-17-15-20(34-19-9-3-2-4-10-19)11-12-21(17)31-22-13-14-29-27-24(22)25(30-28(31)33)26(35-27)23(32)16-18-7-5-6-8-18/h2-4,9-15,18,32H,5-8,16H2,1H3. The summed E-state index contributed by atoms with van der Waals surface area (Å²) in [5.74, 6) is 2.27. The molecule has 1 N–H and O–H groups in total. The second kappa shape index (κ2) is 8.82. The Hall–Kier alpha value is -3.71. The number of nitrogens with zero attached hydrogens (tertiary/aromatic N) is 3. The number of aromatic nitrogens is 3. The van der Waals surface area contributed by atoms with Crippen LogP contribution < -0.4 is 15.0 Å². The van der Waals surface area contributed by atoms with Crippen molar-refractivity contribution in [2.24, 2.45) is 5.92 Å². The van der Waals surface area contributed by atoms with Crippen molar-refractivity contribution in [3.8, 4) is 17.2 Å². The first-order valence-electron chi connectivity index (χ1n) is 11.9. The molecule has 0 atom stereocenters. The zero-order valence-corrected chi connectivity index (χ0v) is 20.2. The molecule has 6 rings (SSSR count). The number of ether oxygens (including phenoxy) is 1. The minimum atomic E-state index is -0.377. The number of aryl methyl sites for hydroxylation is 1. The highest BCUT2D eigenvalue weighted by Crippen LogP contribution is 2.32. The number of pyridine rings is 1. The van der Waals surface area contributed by atoms with Gasteiger partial charge in [0, 0.05) is 12.6 Å². The summed E-state index contributed by atoms with van der Waals surface area (Å²) in [7, 11) is 0. The van der Waals surface area contributed by atoms with Crippen LogP contribution in [0.4, 0.5) is 0 Å². The number of thiophene rings is 1. The van der Waals surface area contributed by atoms with Crippen molar-refractivity contribution in [3.63, 3.8) is 0 Å². The molecule has 176 valence electrons. The van der Waals surface area contributed by atoms with E-state index in [-0.39, 0.29) is 5.69 Å². The third-order valence-electron chi connectivity index (χ3n) is 6.79. The maximum atomic E-state index is 13.4. The summed E-state index contributed by atoms with van der Waals surface area (Å²) in [6.07, 6.45) is 7.06. The zero-order chi connectivity index (χ0) is 23.9. The molecule has 0 saturated heterocycles. The Morgan fingerprint density at radius 1 is 1.11 bits per heavy atom. The van der Waals surface area contributed by atoms with Crippen molar-refractivity contribution < 1.29 is 9.84 Å². The Labute approximate surface area is 206 Å². The maximum Gasteiger partial charge on any atom is 0.353 e. The average Bonchev–Trinajstić information content (AvgIpc) is 3.50. The fourth-order valence-corrected chi connectivity index (χ4v) is 6.16. The van der Waals surface area contributed by atoms with E-state index >= 15 is 0 Å². The van der Waals surface area contributed by atoms with Crippen LogP contribution in [0.15, 0.2) is 65.6 Å². The molecule has 0 aliphatic heterocycles. The highest BCUT2D eigenvalue weighted by Gasteiger charge is 2.21. The van der Waals surface area contributed by atoms with Crippen LogP contribution in [0.2, 0.25) is 0 Å². The largest absolute Gasteiger partial charge is 0.511 e. The smallest absolute Gasteiger partial charge is 0.353 e. The summed E-state index contributed by atoms with van der Waals surface area (Å²) in [5.41, 5.74) is 2.54. The summed E-state index contributed by atoms with van der Waals surface area (Å²) in [6, 6.07) is 17.1. The van der Waals surface area contributed by atoms with Crippen LogP contribution >= 0.6 is 11.3 Å². The summed E-state index contributed by atoms with van der Waals surface area (Å²) < 4.78 is 8.26. The summed E-state index contributed by atoms with van der Waals surface area (Å²) in [6.45, 7) is 1.95. The van der Waals surface area contributed by atoms with E-state index in [1.807, 2.05) is 61.5 Å². The number of benzene rings is 2. The number of hydrogen-bond acceptors (Lipinski definition) is 6. The van der Waals surface area contributed by atoms with Crippen LogP contribution in [-0.4, -0.2) is 19.6 Å². The molecule has 7 heteroatoms. The van der Waals surface area contributed by atoms with Gasteiger partial charge in [0.25, 0.3) is 0 Å². The van der Waals surface area contributed by atoms with Gasteiger partial charge in [-0.05, 0) is 54.8 Å². The lowest BCUT2D eigenvalue weighted by molar-refractivity contribution is 0.433. The molecular weight excluding hydrogens is 458 g/mol. The normalized spacial score (nSPS) is 15.2. The van der Waals surface area contributed by atoms with Crippen LogP contribution in [0.25, 0.3) is 32.7 Å². The highest BCUT2D eigenvalue weighted by atomic mass is 32.1. The molecule has 1 aliphatic carbocycles. The van der Waals surface area contributed by atoms with Crippen LogP contribution in [-0.2, 0) is 0 Å². The number of rotatable bonds is 5. The van der Waals surface area contributed by atoms with Crippen molar-refractivity contribution in [2.75, 3.05) is 0 Å². The molecule has 1 saturated carbocycles. The minimum absolute atomic E-state index is 0.324. The van der Waals surface area contributed by atoms with E-state index < -0.39 is 0 Å². The van der Waals surface area contributed by atoms with Crippen LogP contribution in [0.5, 0.6) is 11.5 Å². The lowest BCUT2D eigenvalue weighted by atomic mass is 10.0. The van der Waals surface area contributed by atoms with Crippen LogP contribution in [0.3, 0.4) is 0 Å². The van der Waals surface area contributed by atoms with E-state index in [4.69, 9.17) is 4.74 Å². The summed E-state index contributed by atoms with van der Waals surface area (Å²) in [4.78, 5) is 23.1. The SMILES string of the molecule is Cc1cc(Oc2ccccc2)ccc1-n1c(=O)nc2c(=C(O)CC3CCCC3)sc3nccc1c32. The Kier molecular flexibility index (Phi) is 5.49. The van der Waals surface area contributed by atoms with Crippen molar-refractivity contribution in [1.82, 2.24) is 14.5 Å². The van der Waals surface area contributed by atoms with E-state index in [1.54, 1.807) is 10.8 Å². The topological polar surface area (TPSA) is 77.2 Å². The van der Waals surface area contributed by atoms with Gasteiger partial charge in [-0.15, -0.1) is 11.3 Å². The molecule has 0 unspecified atom stereocenters. The molecule has 3 heterocycles. The molecule has 0 radical (unpaired) electrons.